The summed E-state index contributed by atoms with van der Waals surface area (Å²) < 4.78 is 16.0. The number of aromatic hydroxyl groups is 1. The molecule has 1 aromatic heterocycles. The van der Waals surface area contributed by atoms with Gasteiger partial charge in [0.05, 0.1) is 26.0 Å². The van der Waals surface area contributed by atoms with E-state index < -0.39 is 0 Å². The minimum absolute atomic E-state index is 0.0320. The molecule has 0 aliphatic carbocycles. The molecular weight excluding hydrogens is 308 g/mol. The van der Waals surface area contributed by atoms with Gasteiger partial charge in [0.25, 0.3) is 0 Å². The highest BCUT2D eigenvalue weighted by atomic mass is 16.5. The van der Waals surface area contributed by atoms with Crippen LogP contribution < -0.4 is 9.47 Å². The van der Waals surface area contributed by atoms with Crippen LogP contribution in [0.1, 0.15) is 42.8 Å². The van der Waals surface area contributed by atoms with Crippen molar-refractivity contribution in [1.82, 2.24) is 10.1 Å². The van der Waals surface area contributed by atoms with E-state index in [2.05, 4.69) is 23.0 Å². The fourth-order valence-electron chi connectivity index (χ4n) is 3.26. The van der Waals surface area contributed by atoms with Crippen LogP contribution in [0.4, 0.5) is 0 Å². The molecule has 1 N–H and O–H groups in total. The lowest BCUT2D eigenvalue weighted by Crippen LogP contribution is -2.22. The second kappa shape index (κ2) is 7.13. The third kappa shape index (κ3) is 3.19. The van der Waals surface area contributed by atoms with Crippen molar-refractivity contribution in [3.8, 4) is 17.2 Å². The summed E-state index contributed by atoms with van der Waals surface area (Å²) >= 11 is 0. The van der Waals surface area contributed by atoms with Gasteiger partial charge in [-0.15, -0.1) is 0 Å². The van der Waals surface area contributed by atoms with Crippen molar-refractivity contribution in [2.75, 3.05) is 20.8 Å². The topological polar surface area (TPSA) is 68.0 Å². The highest BCUT2D eigenvalue weighted by Gasteiger charge is 2.29. The average Bonchev–Trinajstić information content (AvgIpc) is 3.24. The Morgan fingerprint density at radius 2 is 1.96 bits per heavy atom. The molecule has 0 unspecified atom stereocenters. The molecule has 0 spiro atoms. The largest absolute Gasteiger partial charge is 0.502 e. The molecular formula is C18H24N2O4. The Morgan fingerprint density at radius 3 is 2.54 bits per heavy atom. The van der Waals surface area contributed by atoms with Gasteiger partial charge in [0.2, 0.25) is 5.75 Å². The van der Waals surface area contributed by atoms with Gasteiger partial charge in [0.1, 0.15) is 0 Å². The van der Waals surface area contributed by atoms with Crippen LogP contribution in [0.2, 0.25) is 0 Å². The van der Waals surface area contributed by atoms with Crippen LogP contribution in [-0.4, -0.2) is 35.9 Å². The molecule has 1 aliphatic rings. The Kier molecular flexibility index (Phi) is 4.94. The van der Waals surface area contributed by atoms with Gasteiger partial charge in [-0.2, -0.15) is 0 Å². The zero-order valence-corrected chi connectivity index (χ0v) is 14.4. The van der Waals surface area contributed by atoms with Crippen LogP contribution in [0, 0.1) is 0 Å². The lowest BCUT2D eigenvalue weighted by Gasteiger charge is -2.23. The van der Waals surface area contributed by atoms with Crippen LogP contribution in [0.15, 0.2) is 22.7 Å². The van der Waals surface area contributed by atoms with Gasteiger partial charge < -0.3 is 19.1 Å². The van der Waals surface area contributed by atoms with Crippen LogP contribution in [-0.2, 0) is 13.0 Å². The molecule has 1 saturated heterocycles. The lowest BCUT2D eigenvalue weighted by molar-refractivity contribution is 0.206. The first-order valence-corrected chi connectivity index (χ1v) is 8.29. The number of phenolic OH excluding ortho intramolecular Hbond substituents is 1. The van der Waals surface area contributed by atoms with Crippen molar-refractivity contribution >= 4 is 0 Å². The van der Waals surface area contributed by atoms with Crippen LogP contribution in [0.5, 0.6) is 17.2 Å². The van der Waals surface area contributed by atoms with Gasteiger partial charge in [-0.05, 0) is 43.5 Å². The molecule has 1 fully saturated rings. The van der Waals surface area contributed by atoms with Crippen LogP contribution in [0.3, 0.4) is 0 Å². The summed E-state index contributed by atoms with van der Waals surface area (Å²) in [6.45, 7) is 3.81. The molecule has 130 valence electrons. The monoisotopic (exact) mass is 332 g/mol. The summed E-state index contributed by atoms with van der Waals surface area (Å²) in [6, 6.07) is 6.00. The summed E-state index contributed by atoms with van der Waals surface area (Å²) in [5.74, 6) is 1.81. The van der Waals surface area contributed by atoms with Crippen LogP contribution in [0.25, 0.3) is 0 Å². The Hall–Kier alpha value is -2.21. The molecule has 3 rings (SSSR count). The smallest absolute Gasteiger partial charge is 0.200 e. The number of methoxy groups -OCH3 is 2. The molecule has 0 amide bonds. The van der Waals surface area contributed by atoms with Crippen LogP contribution >= 0.6 is 0 Å². The number of rotatable bonds is 6. The highest BCUT2D eigenvalue weighted by molar-refractivity contribution is 5.52. The molecule has 0 saturated carbocycles. The first-order chi connectivity index (χ1) is 11.7. The second-order valence-corrected chi connectivity index (χ2v) is 6.05. The van der Waals surface area contributed by atoms with E-state index in [0.717, 1.165) is 49.4 Å². The summed E-state index contributed by atoms with van der Waals surface area (Å²) in [5.41, 5.74) is 2.02. The van der Waals surface area contributed by atoms with E-state index in [1.165, 1.54) is 14.2 Å². The van der Waals surface area contributed by atoms with Gasteiger partial charge in [0.15, 0.2) is 17.3 Å². The Balaban J connectivity index is 1.81. The van der Waals surface area contributed by atoms with Crippen molar-refractivity contribution in [2.24, 2.45) is 0 Å². The molecule has 0 bridgehead atoms. The molecule has 1 atom stereocenters. The van der Waals surface area contributed by atoms with Crippen molar-refractivity contribution < 1.29 is 19.1 Å². The molecule has 1 aromatic carbocycles. The fourth-order valence-corrected chi connectivity index (χ4v) is 3.26. The zero-order valence-electron chi connectivity index (χ0n) is 14.4. The fraction of sp³-hybridized carbons (Fsp3) is 0.500. The van der Waals surface area contributed by atoms with Gasteiger partial charge >= 0.3 is 0 Å². The van der Waals surface area contributed by atoms with Gasteiger partial charge in [-0.25, -0.2) is 0 Å². The summed E-state index contributed by atoms with van der Waals surface area (Å²) in [4.78, 5) is 2.37. The number of aromatic nitrogens is 1. The molecule has 6 nitrogen and oxygen atoms in total. The molecule has 2 heterocycles. The minimum Gasteiger partial charge on any atom is -0.502 e. The number of ether oxygens (including phenoxy) is 2. The number of nitrogens with zero attached hydrogens (tertiary/aromatic N) is 2. The number of benzene rings is 1. The SMILES string of the molecule is CCc1cc([C@H]2CCCN2Cc2cc(OC)c(O)c(OC)c2)on1. The molecule has 24 heavy (non-hydrogen) atoms. The maximum atomic E-state index is 10.0. The highest BCUT2D eigenvalue weighted by Crippen LogP contribution is 2.39. The van der Waals surface area contributed by atoms with Crippen molar-refractivity contribution in [1.29, 1.82) is 0 Å². The third-order valence-corrected chi connectivity index (χ3v) is 4.56. The minimum atomic E-state index is 0.0320. The number of hydrogen-bond acceptors (Lipinski definition) is 6. The van der Waals surface area contributed by atoms with E-state index in [-0.39, 0.29) is 11.8 Å². The number of aryl methyl sites for hydroxylation is 1. The summed E-state index contributed by atoms with van der Waals surface area (Å²) in [7, 11) is 3.08. The Morgan fingerprint density at radius 1 is 1.25 bits per heavy atom. The summed E-state index contributed by atoms with van der Waals surface area (Å²) in [5, 5.41) is 14.2. The quantitative estimate of drug-likeness (QED) is 0.875. The standard InChI is InChI=1S/C18H24N2O4/c1-4-13-10-15(24-19-13)14-6-5-7-20(14)11-12-8-16(22-2)18(21)17(9-12)23-3/h8-10,14,21H,4-7,11H2,1-3H3/t14-/m1/s1. The molecule has 2 aromatic rings. The lowest BCUT2D eigenvalue weighted by atomic mass is 10.1. The Labute approximate surface area is 142 Å². The predicted octanol–water partition coefficient (Wildman–Crippen LogP) is 3.30. The average molecular weight is 332 g/mol. The van der Waals surface area contributed by atoms with Gasteiger partial charge in [-0.1, -0.05) is 12.1 Å². The molecule has 1 aliphatic heterocycles. The first-order valence-electron chi connectivity index (χ1n) is 8.29. The zero-order chi connectivity index (χ0) is 17.1. The van der Waals surface area contributed by atoms with Gasteiger partial charge in [-0.3, -0.25) is 4.90 Å². The predicted molar refractivity (Wildman–Crippen MR) is 89.5 cm³/mol. The molecule has 0 radical (unpaired) electrons. The third-order valence-electron chi connectivity index (χ3n) is 4.56. The van der Waals surface area contributed by atoms with E-state index >= 15 is 0 Å². The maximum Gasteiger partial charge on any atom is 0.200 e. The number of phenols is 1. The second-order valence-electron chi connectivity index (χ2n) is 6.05. The van der Waals surface area contributed by atoms with Crippen molar-refractivity contribution in [3.63, 3.8) is 0 Å². The number of hydrogen-bond donors (Lipinski definition) is 1. The van der Waals surface area contributed by atoms with E-state index in [0.29, 0.717) is 11.5 Å². The van der Waals surface area contributed by atoms with E-state index in [4.69, 9.17) is 14.0 Å². The maximum absolute atomic E-state index is 10.0. The Bertz CT molecular complexity index is 673. The first kappa shape index (κ1) is 16.6. The van der Waals surface area contributed by atoms with Gasteiger partial charge in [0, 0.05) is 12.6 Å². The van der Waals surface area contributed by atoms with E-state index in [1.807, 2.05) is 12.1 Å². The van der Waals surface area contributed by atoms with E-state index in [1.54, 1.807) is 0 Å². The normalized spacial score (nSPS) is 18.0. The summed E-state index contributed by atoms with van der Waals surface area (Å²) in [6.07, 6.45) is 3.06. The molecule has 6 heteroatoms. The van der Waals surface area contributed by atoms with E-state index in [9.17, 15) is 5.11 Å². The van der Waals surface area contributed by atoms with Crippen molar-refractivity contribution in [2.45, 2.75) is 38.8 Å². The number of likely N-dealkylation sites (tertiary alicyclic amines) is 1. The van der Waals surface area contributed by atoms with Crippen molar-refractivity contribution in [3.05, 3.63) is 35.2 Å².